The van der Waals surface area contributed by atoms with E-state index in [1.807, 2.05) is 37.4 Å². The van der Waals surface area contributed by atoms with E-state index < -0.39 is 0 Å². The topological polar surface area (TPSA) is 34.1 Å². The maximum Gasteiger partial charge on any atom is 0.119 e. The van der Waals surface area contributed by atoms with Crippen molar-refractivity contribution in [1.29, 1.82) is 0 Å². The molecule has 4 heteroatoms. The molecular weight excluding hydrogens is 232 g/mol. The SMILES string of the molecule is CNCc1csc(CCOc2ccccc2)n1. The van der Waals surface area contributed by atoms with Crippen molar-refractivity contribution in [2.75, 3.05) is 13.7 Å². The first kappa shape index (κ1) is 12.1. The minimum atomic E-state index is 0.677. The Morgan fingerprint density at radius 3 is 2.88 bits per heavy atom. The number of benzene rings is 1. The summed E-state index contributed by atoms with van der Waals surface area (Å²) in [7, 11) is 1.93. The van der Waals surface area contributed by atoms with Gasteiger partial charge in [0, 0.05) is 18.3 Å². The largest absolute Gasteiger partial charge is 0.493 e. The molecule has 17 heavy (non-hydrogen) atoms. The molecule has 0 fully saturated rings. The Morgan fingerprint density at radius 2 is 2.12 bits per heavy atom. The van der Waals surface area contributed by atoms with Crippen molar-refractivity contribution < 1.29 is 4.74 Å². The third-order valence-electron chi connectivity index (χ3n) is 2.29. The summed E-state index contributed by atoms with van der Waals surface area (Å²) in [6, 6.07) is 9.87. The van der Waals surface area contributed by atoms with Crippen LogP contribution in [0.25, 0.3) is 0 Å². The van der Waals surface area contributed by atoms with E-state index in [0.717, 1.165) is 29.4 Å². The first-order valence-electron chi connectivity index (χ1n) is 5.64. The number of thiazole rings is 1. The molecule has 0 bridgehead atoms. The summed E-state index contributed by atoms with van der Waals surface area (Å²) in [6.07, 6.45) is 0.864. The quantitative estimate of drug-likeness (QED) is 0.853. The standard InChI is InChI=1S/C13H16N2OS/c1-14-9-11-10-17-13(15-11)7-8-16-12-5-3-2-4-6-12/h2-6,10,14H,7-9H2,1H3. The number of nitrogens with one attached hydrogen (secondary N) is 1. The molecule has 1 N–H and O–H groups in total. The molecule has 1 aromatic carbocycles. The van der Waals surface area contributed by atoms with Crippen LogP contribution < -0.4 is 10.1 Å². The number of rotatable bonds is 6. The second kappa shape index (κ2) is 6.37. The Kier molecular flexibility index (Phi) is 4.53. The Morgan fingerprint density at radius 1 is 1.29 bits per heavy atom. The molecule has 2 rings (SSSR count). The van der Waals surface area contributed by atoms with Gasteiger partial charge in [-0.3, -0.25) is 0 Å². The van der Waals surface area contributed by atoms with Crippen molar-refractivity contribution in [3.63, 3.8) is 0 Å². The van der Waals surface area contributed by atoms with Gasteiger partial charge in [0.25, 0.3) is 0 Å². The summed E-state index contributed by atoms with van der Waals surface area (Å²) < 4.78 is 5.63. The molecule has 0 unspecified atom stereocenters. The molecule has 0 spiro atoms. The number of hydrogen-bond acceptors (Lipinski definition) is 4. The molecule has 0 aliphatic carbocycles. The first-order chi connectivity index (χ1) is 8.38. The maximum absolute atomic E-state index is 5.63. The van der Waals surface area contributed by atoms with Gasteiger partial charge in [0.2, 0.25) is 0 Å². The highest BCUT2D eigenvalue weighted by Gasteiger charge is 2.01. The van der Waals surface area contributed by atoms with Gasteiger partial charge < -0.3 is 10.1 Å². The Hall–Kier alpha value is -1.39. The van der Waals surface area contributed by atoms with Gasteiger partial charge in [-0.15, -0.1) is 11.3 Å². The minimum Gasteiger partial charge on any atom is -0.493 e. The highest BCUT2D eigenvalue weighted by atomic mass is 32.1. The van der Waals surface area contributed by atoms with Crippen LogP contribution >= 0.6 is 11.3 Å². The average Bonchev–Trinajstić information content (AvgIpc) is 2.79. The molecular formula is C13H16N2OS. The second-order valence-corrected chi connectivity index (χ2v) is 4.62. The van der Waals surface area contributed by atoms with Crippen LogP contribution in [-0.2, 0) is 13.0 Å². The fourth-order valence-electron chi connectivity index (χ4n) is 1.50. The molecule has 0 amide bonds. The number of ether oxygens (including phenoxy) is 1. The first-order valence-corrected chi connectivity index (χ1v) is 6.52. The van der Waals surface area contributed by atoms with E-state index in [1.54, 1.807) is 11.3 Å². The van der Waals surface area contributed by atoms with E-state index in [2.05, 4.69) is 15.7 Å². The zero-order valence-electron chi connectivity index (χ0n) is 9.85. The predicted octanol–water partition coefficient (Wildman–Crippen LogP) is 2.48. The smallest absolute Gasteiger partial charge is 0.119 e. The highest BCUT2D eigenvalue weighted by molar-refractivity contribution is 7.09. The lowest BCUT2D eigenvalue weighted by Gasteiger charge is -2.03. The third-order valence-corrected chi connectivity index (χ3v) is 3.24. The van der Waals surface area contributed by atoms with Crippen LogP contribution in [0.5, 0.6) is 5.75 Å². The molecule has 3 nitrogen and oxygen atoms in total. The molecule has 0 aliphatic heterocycles. The number of aromatic nitrogens is 1. The van der Waals surface area contributed by atoms with E-state index in [1.165, 1.54) is 0 Å². The molecule has 1 heterocycles. The van der Waals surface area contributed by atoms with Gasteiger partial charge >= 0.3 is 0 Å². The molecule has 0 saturated heterocycles. The number of hydrogen-bond donors (Lipinski definition) is 1. The summed E-state index contributed by atoms with van der Waals surface area (Å²) in [5, 5.41) is 6.31. The monoisotopic (exact) mass is 248 g/mol. The van der Waals surface area contributed by atoms with E-state index >= 15 is 0 Å². The van der Waals surface area contributed by atoms with Crippen molar-refractivity contribution in [1.82, 2.24) is 10.3 Å². The molecule has 0 aliphatic rings. The van der Waals surface area contributed by atoms with Crippen LogP contribution in [0.15, 0.2) is 35.7 Å². The Balaban J connectivity index is 1.78. The van der Waals surface area contributed by atoms with Crippen LogP contribution in [-0.4, -0.2) is 18.6 Å². The van der Waals surface area contributed by atoms with Crippen LogP contribution in [0.1, 0.15) is 10.7 Å². The normalized spacial score (nSPS) is 10.4. The third kappa shape index (κ3) is 3.84. The van der Waals surface area contributed by atoms with E-state index in [9.17, 15) is 0 Å². The van der Waals surface area contributed by atoms with E-state index in [4.69, 9.17) is 4.74 Å². The molecule has 0 saturated carbocycles. The lowest BCUT2D eigenvalue weighted by atomic mass is 10.3. The van der Waals surface area contributed by atoms with Gasteiger partial charge in [-0.05, 0) is 19.2 Å². The van der Waals surface area contributed by atoms with E-state index in [-0.39, 0.29) is 0 Å². The van der Waals surface area contributed by atoms with E-state index in [0.29, 0.717) is 6.61 Å². The van der Waals surface area contributed by atoms with Gasteiger partial charge in [0.1, 0.15) is 5.75 Å². The van der Waals surface area contributed by atoms with Crippen molar-refractivity contribution >= 4 is 11.3 Å². The molecule has 2 aromatic rings. The van der Waals surface area contributed by atoms with Crippen LogP contribution in [0.4, 0.5) is 0 Å². The zero-order chi connectivity index (χ0) is 11.9. The second-order valence-electron chi connectivity index (χ2n) is 3.67. The van der Waals surface area contributed by atoms with Crippen LogP contribution in [0.2, 0.25) is 0 Å². The van der Waals surface area contributed by atoms with Crippen molar-refractivity contribution in [3.8, 4) is 5.75 Å². The molecule has 0 atom stereocenters. The molecule has 1 aromatic heterocycles. The van der Waals surface area contributed by atoms with Crippen LogP contribution in [0.3, 0.4) is 0 Å². The summed E-state index contributed by atoms with van der Waals surface area (Å²) in [6.45, 7) is 1.51. The summed E-state index contributed by atoms with van der Waals surface area (Å²) in [4.78, 5) is 4.51. The number of para-hydroxylation sites is 1. The average molecular weight is 248 g/mol. The Bertz CT molecular complexity index is 442. The summed E-state index contributed by atoms with van der Waals surface area (Å²) in [5.74, 6) is 0.916. The zero-order valence-corrected chi connectivity index (χ0v) is 10.7. The molecule has 0 radical (unpaired) electrons. The minimum absolute atomic E-state index is 0.677. The maximum atomic E-state index is 5.63. The summed E-state index contributed by atoms with van der Waals surface area (Å²) >= 11 is 1.69. The molecule has 90 valence electrons. The Labute approximate surface area is 105 Å². The van der Waals surface area contributed by atoms with Gasteiger partial charge in [0.15, 0.2) is 0 Å². The van der Waals surface area contributed by atoms with Gasteiger partial charge in [-0.2, -0.15) is 0 Å². The van der Waals surface area contributed by atoms with Crippen LogP contribution in [0, 0.1) is 0 Å². The fraction of sp³-hybridized carbons (Fsp3) is 0.308. The number of nitrogens with zero attached hydrogens (tertiary/aromatic N) is 1. The lowest BCUT2D eigenvalue weighted by molar-refractivity contribution is 0.321. The van der Waals surface area contributed by atoms with Crippen molar-refractivity contribution in [3.05, 3.63) is 46.4 Å². The van der Waals surface area contributed by atoms with Gasteiger partial charge in [-0.25, -0.2) is 4.98 Å². The van der Waals surface area contributed by atoms with Crippen molar-refractivity contribution in [2.24, 2.45) is 0 Å². The van der Waals surface area contributed by atoms with Gasteiger partial charge in [-0.1, -0.05) is 18.2 Å². The lowest BCUT2D eigenvalue weighted by Crippen LogP contribution is -2.06. The predicted molar refractivity (Wildman–Crippen MR) is 70.5 cm³/mol. The van der Waals surface area contributed by atoms with Gasteiger partial charge in [0.05, 0.1) is 17.3 Å². The van der Waals surface area contributed by atoms with Crippen molar-refractivity contribution in [2.45, 2.75) is 13.0 Å². The summed E-state index contributed by atoms with van der Waals surface area (Å²) in [5.41, 5.74) is 1.10. The highest BCUT2D eigenvalue weighted by Crippen LogP contribution is 2.12. The fourth-order valence-corrected chi connectivity index (χ4v) is 2.28.